The number of fused-ring (bicyclic) bond motifs is 6. The van der Waals surface area contributed by atoms with Crippen molar-refractivity contribution in [2.24, 2.45) is 23.7 Å². The first-order valence-corrected chi connectivity index (χ1v) is 16.1. The summed E-state index contributed by atoms with van der Waals surface area (Å²) in [4.78, 5) is 5.18. The zero-order valence-electron chi connectivity index (χ0n) is 26.6. The molecule has 2 aromatic heterocycles. The van der Waals surface area contributed by atoms with Crippen molar-refractivity contribution in [3.05, 3.63) is 84.1 Å². The maximum absolute atomic E-state index is 5.18. The Kier molecular flexibility index (Phi) is 8.88. The largest absolute Gasteiger partial charge is 0.292 e. The third-order valence-electron chi connectivity index (χ3n) is 8.65. The van der Waals surface area contributed by atoms with Crippen LogP contribution in [0.15, 0.2) is 72.9 Å². The van der Waals surface area contributed by atoms with Crippen molar-refractivity contribution in [1.82, 2.24) is 9.38 Å². The maximum Gasteiger partial charge on any atom is 0.145 e. The van der Waals surface area contributed by atoms with E-state index >= 15 is 0 Å². The molecule has 3 aromatic carbocycles. The van der Waals surface area contributed by atoms with Crippen LogP contribution in [0.4, 0.5) is 0 Å². The van der Waals surface area contributed by atoms with Gasteiger partial charge in [-0.2, -0.15) is 0 Å². The van der Waals surface area contributed by atoms with E-state index in [-0.39, 0.29) is 0 Å². The van der Waals surface area contributed by atoms with Gasteiger partial charge in [-0.05, 0) is 83.8 Å². The van der Waals surface area contributed by atoms with E-state index < -0.39 is 0 Å². The first-order chi connectivity index (χ1) is 19.7. The summed E-state index contributed by atoms with van der Waals surface area (Å²) in [5.41, 5.74) is 8.02. The monoisotopic (exact) mass is 546 g/mol. The number of benzene rings is 3. The molecule has 2 heterocycles. The van der Waals surface area contributed by atoms with E-state index in [0.717, 1.165) is 5.65 Å². The van der Waals surface area contributed by atoms with Crippen molar-refractivity contribution in [2.75, 3.05) is 0 Å². The molecule has 0 fully saturated rings. The molecule has 0 N–H and O–H groups in total. The summed E-state index contributed by atoms with van der Waals surface area (Å²) in [5.74, 6) is 3.60. The van der Waals surface area contributed by atoms with Crippen molar-refractivity contribution >= 4 is 27.3 Å². The predicted octanol–water partition coefficient (Wildman–Crippen LogP) is 11.7. The standard InChI is InChI=1S/C39H50N2/c1-25(2)20-29(21-26(3)4)31-17-13-18-32(30(22-27(5)6)23-28(7)8)38(31)37-24-40-39-35-16-10-9-14-33(35)34-15-11-12-19-36(34)41(37)39/h9-19,24-30H,20-23H2,1-8H3. The molecular weight excluding hydrogens is 496 g/mol. The minimum atomic E-state index is 0.515. The second-order valence-electron chi connectivity index (χ2n) is 14.1. The zero-order chi connectivity index (χ0) is 29.3. The quantitative estimate of drug-likeness (QED) is 0.151. The predicted molar refractivity (Wildman–Crippen MR) is 179 cm³/mol. The summed E-state index contributed by atoms with van der Waals surface area (Å²) in [6.45, 7) is 19.0. The normalized spacial score (nSPS) is 12.6. The summed E-state index contributed by atoms with van der Waals surface area (Å²) in [6, 6.07) is 24.9. The molecule has 0 atom stereocenters. The van der Waals surface area contributed by atoms with Gasteiger partial charge in [-0.1, -0.05) is 116 Å². The third kappa shape index (κ3) is 6.08. The molecule has 0 spiro atoms. The van der Waals surface area contributed by atoms with Crippen molar-refractivity contribution < 1.29 is 0 Å². The van der Waals surface area contributed by atoms with Gasteiger partial charge in [0.2, 0.25) is 0 Å². The van der Waals surface area contributed by atoms with Crippen LogP contribution in [0, 0.1) is 23.7 Å². The van der Waals surface area contributed by atoms with Crippen LogP contribution in [-0.4, -0.2) is 9.38 Å². The van der Waals surface area contributed by atoms with Gasteiger partial charge in [0.05, 0.1) is 17.4 Å². The molecule has 2 nitrogen and oxygen atoms in total. The molecule has 41 heavy (non-hydrogen) atoms. The van der Waals surface area contributed by atoms with E-state index in [2.05, 4.69) is 133 Å². The van der Waals surface area contributed by atoms with E-state index in [1.165, 1.54) is 69.7 Å². The number of imidazole rings is 1. The van der Waals surface area contributed by atoms with Crippen LogP contribution in [0.2, 0.25) is 0 Å². The molecule has 0 saturated heterocycles. The van der Waals surface area contributed by atoms with Crippen LogP contribution in [0.3, 0.4) is 0 Å². The van der Waals surface area contributed by atoms with Gasteiger partial charge in [-0.3, -0.25) is 4.40 Å². The van der Waals surface area contributed by atoms with Crippen molar-refractivity contribution in [1.29, 1.82) is 0 Å². The summed E-state index contributed by atoms with van der Waals surface area (Å²) in [5, 5.41) is 3.78. The van der Waals surface area contributed by atoms with Crippen molar-refractivity contribution in [3.63, 3.8) is 0 Å². The topological polar surface area (TPSA) is 17.3 Å². The Morgan fingerprint density at radius 3 is 1.51 bits per heavy atom. The van der Waals surface area contributed by atoms with Gasteiger partial charge in [0, 0.05) is 16.3 Å². The summed E-state index contributed by atoms with van der Waals surface area (Å²) < 4.78 is 2.48. The summed E-state index contributed by atoms with van der Waals surface area (Å²) in [6.07, 6.45) is 6.99. The average molecular weight is 547 g/mol. The molecule has 0 aliphatic heterocycles. The number of hydrogen-bond donors (Lipinski definition) is 0. The lowest BCUT2D eigenvalue weighted by atomic mass is 9.76. The van der Waals surface area contributed by atoms with Crippen LogP contribution in [0.25, 0.3) is 38.6 Å². The fourth-order valence-corrected chi connectivity index (χ4v) is 7.31. The van der Waals surface area contributed by atoms with Gasteiger partial charge in [-0.15, -0.1) is 0 Å². The van der Waals surface area contributed by atoms with Gasteiger partial charge in [0.1, 0.15) is 5.65 Å². The van der Waals surface area contributed by atoms with Crippen LogP contribution in [0.5, 0.6) is 0 Å². The second-order valence-corrected chi connectivity index (χ2v) is 14.1. The van der Waals surface area contributed by atoms with E-state index in [1.807, 2.05) is 0 Å². The Balaban J connectivity index is 1.89. The van der Waals surface area contributed by atoms with E-state index in [0.29, 0.717) is 35.5 Å². The lowest BCUT2D eigenvalue weighted by Crippen LogP contribution is -2.13. The molecule has 0 aliphatic carbocycles. The fraction of sp³-hybridized carbons (Fsp3) is 0.462. The van der Waals surface area contributed by atoms with Gasteiger partial charge in [0.15, 0.2) is 0 Å². The maximum atomic E-state index is 5.18. The van der Waals surface area contributed by atoms with Gasteiger partial charge in [0.25, 0.3) is 0 Å². The number of nitrogens with zero attached hydrogens (tertiary/aromatic N) is 2. The highest BCUT2D eigenvalue weighted by Gasteiger charge is 2.27. The number of hydrogen-bond acceptors (Lipinski definition) is 1. The van der Waals surface area contributed by atoms with Crippen LogP contribution >= 0.6 is 0 Å². The lowest BCUT2D eigenvalue weighted by Gasteiger charge is -2.29. The lowest BCUT2D eigenvalue weighted by molar-refractivity contribution is 0.417. The Labute approximate surface area is 248 Å². The zero-order valence-corrected chi connectivity index (χ0v) is 26.6. The Hall–Kier alpha value is -3.13. The SMILES string of the molecule is CC(C)CC(CC(C)C)c1cccc(C(CC(C)C)CC(C)C)c1-c1cnc2c3ccccc3c3ccccc3n12. The summed E-state index contributed by atoms with van der Waals surface area (Å²) >= 11 is 0. The van der Waals surface area contributed by atoms with E-state index in [1.54, 1.807) is 0 Å². The smallest absolute Gasteiger partial charge is 0.145 e. The Morgan fingerprint density at radius 1 is 0.537 bits per heavy atom. The molecule has 2 heteroatoms. The van der Waals surface area contributed by atoms with Crippen LogP contribution < -0.4 is 0 Å². The number of pyridine rings is 1. The molecule has 216 valence electrons. The molecule has 0 saturated carbocycles. The van der Waals surface area contributed by atoms with Crippen molar-refractivity contribution in [3.8, 4) is 11.3 Å². The van der Waals surface area contributed by atoms with Crippen LogP contribution in [-0.2, 0) is 0 Å². The first-order valence-electron chi connectivity index (χ1n) is 16.1. The van der Waals surface area contributed by atoms with Gasteiger partial charge < -0.3 is 0 Å². The molecular formula is C39H50N2. The third-order valence-corrected chi connectivity index (χ3v) is 8.65. The second kappa shape index (κ2) is 12.4. The van der Waals surface area contributed by atoms with Crippen molar-refractivity contribution in [2.45, 2.75) is 92.9 Å². The molecule has 0 amide bonds. The molecule has 0 bridgehead atoms. The van der Waals surface area contributed by atoms with E-state index in [4.69, 9.17) is 4.98 Å². The molecule has 5 rings (SSSR count). The number of rotatable bonds is 11. The minimum absolute atomic E-state index is 0.515. The summed E-state index contributed by atoms with van der Waals surface area (Å²) in [7, 11) is 0. The highest BCUT2D eigenvalue weighted by molar-refractivity contribution is 6.12. The molecule has 0 aliphatic rings. The van der Waals surface area contributed by atoms with E-state index in [9.17, 15) is 0 Å². The first kappa shape index (κ1) is 29.4. The van der Waals surface area contributed by atoms with Gasteiger partial charge >= 0.3 is 0 Å². The molecule has 5 aromatic rings. The number of para-hydroxylation sites is 1. The fourth-order valence-electron chi connectivity index (χ4n) is 7.31. The Morgan fingerprint density at radius 2 is 1.00 bits per heavy atom. The van der Waals surface area contributed by atoms with Gasteiger partial charge in [-0.25, -0.2) is 4.98 Å². The Bertz CT molecular complexity index is 1560. The number of aromatic nitrogens is 2. The highest BCUT2D eigenvalue weighted by Crippen LogP contribution is 2.45. The molecule has 0 radical (unpaired) electrons. The van der Waals surface area contributed by atoms with Crippen LogP contribution in [0.1, 0.15) is 104 Å². The highest BCUT2D eigenvalue weighted by atomic mass is 15.0. The average Bonchev–Trinajstić information content (AvgIpc) is 3.36. The minimum Gasteiger partial charge on any atom is -0.292 e. The molecule has 0 unspecified atom stereocenters.